The molecule has 0 aromatic heterocycles. The summed E-state index contributed by atoms with van der Waals surface area (Å²) in [5.41, 5.74) is 1.31. The number of alkyl halides is 1. The highest BCUT2D eigenvalue weighted by Gasteiger charge is 2.74. The molecule has 1 saturated heterocycles. The van der Waals surface area contributed by atoms with E-state index in [0.717, 1.165) is 6.54 Å². The summed E-state index contributed by atoms with van der Waals surface area (Å²) < 4.78 is 10.2. The monoisotopic (exact) mass is 410 g/mol. The third-order valence-electron chi connectivity index (χ3n) is 3.91. The van der Waals surface area contributed by atoms with Crippen LogP contribution in [0.4, 0.5) is 5.69 Å². The molecule has 0 spiro atoms. The zero-order chi connectivity index (χ0) is 17.4. The largest absolute Gasteiger partial charge is 1.00 e. The van der Waals surface area contributed by atoms with Gasteiger partial charge in [0.2, 0.25) is 0 Å². The summed E-state index contributed by atoms with van der Waals surface area (Å²) in [5.74, 6) is 0.668. The summed E-state index contributed by atoms with van der Waals surface area (Å²) in [6.45, 7) is 7.96. The van der Waals surface area contributed by atoms with Gasteiger partial charge in [-0.15, -0.1) is 20.9 Å². The fraction of sp³-hybridized carbons (Fsp3) is 0.625. The van der Waals surface area contributed by atoms with Crippen LogP contribution in [0.15, 0.2) is 30.3 Å². The second kappa shape index (κ2) is 8.35. The fourth-order valence-electron chi connectivity index (χ4n) is 3.26. The zero-order valence-corrected chi connectivity index (χ0v) is 19.0. The summed E-state index contributed by atoms with van der Waals surface area (Å²) >= 11 is 6.19. The lowest BCUT2D eigenvalue weighted by molar-refractivity contribution is -0.00000527. The number of halogens is 2. The van der Waals surface area contributed by atoms with Gasteiger partial charge in [0.15, 0.2) is 8.22 Å². The van der Waals surface area contributed by atoms with E-state index in [9.17, 15) is 0 Å². The normalized spacial score (nSPS) is 20.9. The van der Waals surface area contributed by atoms with Crippen LogP contribution in [0.25, 0.3) is 0 Å². The molecule has 1 aromatic carbocycles. The highest BCUT2D eigenvalue weighted by molar-refractivity contribution is 7.96. The molecule has 1 heterocycles. The number of hydrogen-bond donors (Lipinski definition) is 0. The first-order chi connectivity index (χ1) is 10.7. The minimum absolute atomic E-state index is 0. The van der Waals surface area contributed by atoms with E-state index >= 15 is 0 Å². The van der Waals surface area contributed by atoms with Gasteiger partial charge in [-0.1, -0.05) is 43.4 Å². The molecule has 2 rings (SSSR count). The summed E-state index contributed by atoms with van der Waals surface area (Å²) in [5, 5.41) is 0.201. The Morgan fingerprint density at radius 2 is 1.54 bits per heavy atom. The second-order valence-electron chi connectivity index (χ2n) is 7.10. The van der Waals surface area contributed by atoms with Crippen molar-refractivity contribution >= 4 is 33.4 Å². The molecule has 0 aliphatic carbocycles. The molecule has 0 bridgehead atoms. The predicted octanol–water partition coefficient (Wildman–Crippen LogP) is 1.96. The van der Waals surface area contributed by atoms with Gasteiger partial charge >= 0.3 is 7.87 Å². The van der Waals surface area contributed by atoms with E-state index in [1.54, 1.807) is 0 Å². The van der Waals surface area contributed by atoms with Crippen LogP contribution in [0.5, 0.6) is 0 Å². The molecule has 4 nitrogen and oxygen atoms in total. The number of hydrogen-bond acceptors (Lipinski definition) is 4. The average Bonchev–Trinajstić information content (AvgIpc) is 2.41. The first-order valence-electron chi connectivity index (χ1n) is 7.93. The Labute approximate surface area is 160 Å². The molecule has 1 aliphatic heterocycles. The lowest BCUT2D eigenvalue weighted by Crippen LogP contribution is -3.00. The third kappa shape index (κ3) is 3.58. The number of anilines is 1. The smallest absolute Gasteiger partial charge is 0.341 e. The number of para-hydroxylation sites is 1. The van der Waals surface area contributed by atoms with Crippen molar-refractivity contribution in [1.29, 1.82) is 0 Å². The van der Waals surface area contributed by atoms with Gasteiger partial charge in [-0.2, -0.15) is 4.44 Å². The van der Waals surface area contributed by atoms with Gasteiger partial charge in [0.05, 0.1) is 12.2 Å². The number of benzene rings is 1. The fourth-order valence-corrected chi connectivity index (χ4v) is 14.9. The molecule has 1 aliphatic rings. The molecule has 0 radical (unpaired) electrons. The average molecular weight is 411 g/mol. The molecule has 1 aromatic rings. The van der Waals surface area contributed by atoms with Crippen molar-refractivity contribution in [3.05, 3.63) is 30.3 Å². The molecule has 0 N–H and O–H groups in total. The Bertz CT molecular complexity index is 515. The quantitative estimate of drug-likeness (QED) is 0.543. The third-order valence-corrected chi connectivity index (χ3v) is 12.7. The Balaban J connectivity index is 0.00000288. The zero-order valence-electron chi connectivity index (χ0n) is 15.7. The van der Waals surface area contributed by atoms with Gasteiger partial charge in [-0.05, 0) is 12.1 Å². The van der Waals surface area contributed by atoms with Crippen molar-refractivity contribution in [1.82, 2.24) is 13.8 Å². The summed E-state index contributed by atoms with van der Waals surface area (Å²) in [6.07, 6.45) is 0. The Hall–Kier alpha value is 0.340. The van der Waals surface area contributed by atoms with Gasteiger partial charge in [0.1, 0.15) is 0 Å². The van der Waals surface area contributed by atoms with Crippen molar-refractivity contribution < 1.29 is 12.4 Å². The van der Waals surface area contributed by atoms with Crippen molar-refractivity contribution in [2.24, 2.45) is 0 Å². The second-order valence-corrected chi connectivity index (χ2v) is 14.5. The highest BCUT2D eigenvalue weighted by atomic mass is 35.5. The van der Waals surface area contributed by atoms with E-state index in [2.05, 4.69) is 97.5 Å². The molecule has 0 saturated carbocycles. The van der Waals surface area contributed by atoms with E-state index in [0.29, 0.717) is 5.88 Å². The SMILES string of the molecule is CN(C)[P+]1(N(C)C)N(CCCl)P(C(C)(C)C)N1c1ccccc1.[Cl-]. The molecule has 1 unspecified atom stereocenters. The summed E-state index contributed by atoms with van der Waals surface area (Å²) in [4.78, 5) is 0. The van der Waals surface area contributed by atoms with Gasteiger partial charge in [-0.3, -0.25) is 0 Å². The lowest BCUT2D eigenvalue weighted by Gasteiger charge is -2.63. The van der Waals surface area contributed by atoms with E-state index in [1.807, 2.05) is 0 Å². The summed E-state index contributed by atoms with van der Waals surface area (Å²) in [7, 11) is 6.58. The molecular weight excluding hydrogens is 381 g/mol. The Morgan fingerprint density at radius 3 is 1.92 bits per heavy atom. The van der Waals surface area contributed by atoms with E-state index in [1.165, 1.54) is 5.69 Å². The predicted molar refractivity (Wildman–Crippen MR) is 107 cm³/mol. The van der Waals surface area contributed by atoms with Crippen molar-refractivity contribution in [2.75, 3.05) is 45.1 Å². The standard InChI is InChI=1S/C16H30ClN4P2.ClH/c1-16(2,3)22-20(14-13-17)23(18(4)5,19(6)7)21(22)15-11-9-8-10-12-15;/h8-12H,13-14H2,1-7H3;1H/q+1;/p-1. The maximum absolute atomic E-state index is 6.19. The Kier molecular flexibility index (Phi) is 7.79. The highest BCUT2D eigenvalue weighted by Crippen LogP contribution is 2.92. The molecule has 1 atom stereocenters. The van der Waals surface area contributed by atoms with Crippen LogP contribution in [0.1, 0.15) is 20.8 Å². The Morgan fingerprint density at radius 1 is 1.04 bits per heavy atom. The van der Waals surface area contributed by atoms with Crippen LogP contribution in [0.3, 0.4) is 0 Å². The molecule has 8 heteroatoms. The topological polar surface area (TPSA) is 13.0 Å². The van der Waals surface area contributed by atoms with Crippen LogP contribution in [-0.4, -0.2) is 59.6 Å². The van der Waals surface area contributed by atoms with Crippen LogP contribution in [0, 0.1) is 0 Å². The van der Waals surface area contributed by atoms with E-state index in [-0.39, 0.29) is 17.6 Å². The van der Waals surface area contributed by atoms with Crippen LogP contribution >= 0.6 is 27.7 Å². The minimum Gasteiger partial charge on any atom is -1.00 e. The van der Waals surface area contributed by atoms with Crippen LogP contribution in [-0.2, 0) is 0 Å². The van der Waals surface area contributed by atoms with Crippen molar-refractivity contribution in [2.45, 2.75) is 25.9 Å². The summed E-state index contributed by atoms with van der Waals surface area (Å²) in [6, 6.07) is 10.8. The van der Waals surface area contributed by atoms with Gasteiger partial charge in [0, 0.05) is 39.2 Å². The number of rotatable bonds is 5. The van der Waals surface area contributed by atoms with Gasteiger partial charge < -0.3 is 12.4 Å². The molecule has 138 valence electrons. The van der Waals surface area contributed by atoms with Crippen molar-refractivity contribution in [3.8, 4) is 0 Å². The van der Waals surface area contributed by atoms with Crippen molar-refractivity contribution in [3.63, 3.8) is 0 Å². The number of nitrogens with zero attached hydrogens (tertiary/aromatic N) is 4. The minimum atomic E-state index is -1.75. The first-order valence-corrected chi connectivity index (χ1v) is 11.3. The lowest BCUT2D eigenvalue weighted by atomic mass is 10.3. The maximum atomic E-state index is 6.19. The van der Waals surface area contributed by atoms with Gasteiger partial charge in [0.25, 0.3) is 0 Å². The molecular formula is C16H30Cl2N4P2. The van der Waals surface area contributed by atoms with Crippen LogP contribution < -0.4 is 16.8 Å². The maximum Gasteiger partial charge on any atom is 0.341 e. The molecule has 0 amide bonds. The first kappa shape index (κ1) is 22.4. The molecule has 1 fully saturated rings. The van der Waals surface area contributed by atoms with Crippen LogP contribution in [0.2, 0.25) is 0 Å². The molecule has 24 heavy (non-hydrogen) atoms. The van der Waals surface area contributed by atoms with E-state index < -0.39 is 16.1 Å². The van der Waals surface area contributed by atoms with Gasteiger partial charge in [-0.25, -0.2) is 0 Å². The van der Waals surface area contributed by atoms with E-state index in [4.69, 9.17) is 11.6 Å².